The maximum absolute atomic E-state index is 14.5. The van der Waals surface area contributed by atoms with Crippen LogP contribution in [0.2, 0.25) is 5.02 Å². The average Bonchev–Trinajstić information content (AvgIpc) is 3.59. The Morgan fingerprint density at radius 2 is 1.69 bits per heavy atom. The van der Waals surface area contributed by atoms with Crippen molar-refractivity contribution in [1.82, 2.24) is 4.90 Å². The minimum Gasteiger partial charge on any atom is -0.325 e. The van der Waals surface area contributed by atoms with Crippen LogP contribution in [0.15, 0.2) is 71.2 Å². The molecule has 7 rings (SSSR count). The Hall–Kier alpha value is -3.00. The number of hydrogen-bond acceptors (Lipinski definition) is 4. The van der Waals surface area contributed by atoms with Crippen LogP contribution in [0.25, 0.3) is 0 Å². The number of Topliss-reactive ketones (excluding diaryl/α,β-unsaturated/α-hetero) is 1. The Kier molecular flexibility index (Phi) is 4.63. The van der Waals surface area contributed by atoms with Gasteiger partial charge in [-0.15, -0.1) is 0 Å². The highest BCUT2D eigenvalue weighted by atomic mass is 79.9. The van der Waals surface area contributed by atoms with Crippen molar-refractivity contribution in [2.24, 2.45) is 5.92 Å². The number of ketones is 1. The van der Waals surface area contributed by atoms with Crippen molar-refractivity contribution in [2.75, 3.05) is 17.2 Å². The van der Waals surface area contributed by atoms with E-state index in [2.05, 4.69) is 31.5 Å². The molecule has 2 saturated heterocycles. The number of carbonyl (C=O) groups excluding carboxylic acids is 3. The number of nitrogens with zero attached hydrogens (tertiary/aromatic N) is 1. The molecule has 0 aromatic heterocycles. The predicted octanol–water partition coefficient (Wildman–Crippen LogP) is 5.12. The van der Waals surface area contributed by atoms with Crippen molar-refractivity contribution >= 4 is 56.5 Å². The molecule has 4 aliphatic heterocycles. The van der Waals surface area contributed by atoms with Crippen LogP contribution in [-0.4, -0.2) is 35.1 Å². The number of amides is 2. The average molecular weight is 563 g/mol. The first-order valence-electron chi connectivity index (χ1n) is 12.0. The highest BCUT2D eigenvalue weighted by Crippen LogP contribution is 2.68. The van der Waals surface area contributed by atoms with Crippen molar-refractivity contribution in [3.05, 3.63) is 92.9 Å². The maximum Gasteiger partial charge on any atom is 0.251 e. The fourth-order valence-electron chi connectivity index (χ4n) is 7.36. The largest absolute Gasteiger partial charge is 0.325 e. The molecule has 0 unspecified atom stereocenters. The van der Waals surface area contributed by atoms with Crippen LogP contribution in [0.4, 0.5) is 11.4 Å². The van der Waals surface area contributed by atoms with Gasteiger partial charge in [-0.25, -0.2) is 0 Å². The van der Waals surface area contributed by atoms with E-state index in [-0.39, 0.29) is 23.6 Å². The molecule has 4 atom stereocenters. The number of carbonyl (C=O) groups is 3. The molecule has 0 saturated carbocycles. The lowest BCUT2D eigenvalue weighted by Gasteiger charge is -2.43. The zero-order valence-corrected chi connectivity index (χ0v) is 21.4. The molecule has 0 radical (unpaired) electrons. The molecule has 4 heterocycles. The summed E-state index contributed by atoms with van der Waals surface area (Å²) in [4.78, 5) is 45.3. The smallest absolute Gasteiger partial charge is 0.251 e. The number of fused-ring (bicyclic) bond motifs is 7. The Bertz CT molecular complexity index is 1490. The van der Waals surface area contributed by atoms with E-state index in [0.29, 0.717) is 39.6 Å². The van der Waals surface area contributed by atoms with Gasteiger partial charge in [0.2, 0.25) is 5.91 Å². The Morgan fingerprint density at radius 1 is 0.944 bits per heavy atom. The fourth-order valence-corrected chi connectivity index (χ4v) is 7.85. The topological polar surface area (TPSA) is 78.5 Å². The van der Waals surface area contributed by atoms with Gasteiger partial charge in [-0.05, 0) is 49.2 Å². The third-order valence-electron chi connectivity index (χ3n) is 8.49. The molecule has 3 aromatic carbocycles. The molecule has 180 valence electrons. The summed E-state index contributed by atoms with van der Waals surface area (Å²) in [6.45, 7) is 0.603. The van der Waals surface area contributed by atoms with E-state index in [4.69, 9.17) is 11.6 Å². The summed E-state index contributed by atoms with van der Waals surface area (Å²) < 4.78 is 0.863. The molecule has 0 bridgehead atoms. The van der Waals surface area contributed by atoms with E-state index in [1.165, 1.54) is 0 Å². The Morgan fingerprint density at radius 3 is 2.50 bits per heavy atom. The van der Waals surface area contributed by atoms with E-state index in [1.807, 2.05) is 48.5 Å². The summed E-state index contributed by atoms with van der Waals surface area (Å²) in [6, 6.07) is 19.8. The number of hydrogen-bond donors (Lipinski definition) is 2. The molecule has 6 nitrogen and oxygen atoms in total. The van der Waals surface area contributed by atoms with Crippen LogP contribution in [-0.2, 0) is 20.5 Å². The lowest BCUT2D eigenvalue weighted by Crippen LogP contribution is -2.62. The SMILES string of the molecule is O=C(c1ccc(Br)cc1)[C@H]1[C@@H]2CCCN2[C@]2(C(=O)Nc3c(Cl)cccc32)[C@@]12C(=O)Nc1ccccc12. The van der Waals surface area contributed by atoms with Gasteiger partial charge in [-0.1, -0.05) is 70.0 Å². The van der Waals surface area contributed by atoms with Crippen LogP contribution in [0.3, 0.4) is 0 Å². The third kappa shape index (κ3) is 2.44. The molecule has 2 spiro atoms. The van der Waals surface area contributed by atoms with Crippen molar-refractivity contribution in [1.29, 1.82) is 0 Å². The van der Waals surface area contributed by atoms with Gasteiger partial charge in [0.25, 0.3) is 5.91 Å². The molecule has 2 fully saturated rings. The van der Waals surface area contributed by atoms with E-state index in [9.17, 15) is 14.4 Å². The van der Waals surface area contributed by atoms with Crippen molar-refractivity contribution in [3.8, 4) is 0 Å². The van der Waals surface area contributed by atoms with Crippen LogP contribution in [0.5, 0.6) is 0 Å². The monoisotopic (exact) mass is 561 g/mol. The van der Waals surface area contributed by atoms with Gasteiger partial charge in [0.15, 0.2) is 5.78 Å². The Balaban J connectivity index is 1.59. The second kappa shape index (κ2) is 7.51. The fraction of sp³-hybridized carbons (Fsp3) is 0.250. The number of halogens is 2. The van der Waals surface area contributed by atoms with Crippen molar-refractivity contribution in [2.45, 2.75) is 29.8 Å². The number of anilines is 2. The quantitative estimate of drug-likeness (QED) is 0.425. The summed E-state index contributed by atoms with van der Waals surface area (Å²) >= 11 is 10.0. The molecule has 4 aliphatic rings. The van der Waals surface area contributed by atoms with Crippen molar-refractivity contribution in [3.63, 3.8) is 0 Å². The number of para-hydroxylation sites is 2. The first-order chi connectivity index (χ1) is 17.4. The van der Waals surface area contributed by atoms with Crippen LogP contribution in [0, 0.1) is 5.92 Å². The summed E-state index contributed by atoms with van der Waals surface area (Å²) in [5.74, 6) is -1.53. The molecular weight excluding hydrogens is 542 g/mol. The zero-order valence-electron chi connectivity index (χ0n) is 19.1. The van der Waals surface area contributed by atoms with Gasteiger partial charge in [0.1, 0.15) is 11.0 Å². The van der Waals surface area contributed by atoms with Crippen LogP contribution in [0.1, 0.15) is 34.3 Å². The molecule has 2 N–H and O–H groups in total. The van der Waals surface area contributed by atoms with E-state index in [1.54, 1.807) is 18.2 Å². The maximum atomic E-state index is 14.5. The van der Waals surface area contributed by atoms with E-state index < -0.39 is 16.9 Å². The van der Waals surface area contributed by atoms with Gasteiger partial charge in [-0.3, -0.25) is 19.3 Å². The standard InChI is InChI=1S/C28H21BrClN3O3/c29-16-12-10-15(11-13-16)24(34)22-21-9-4-14-33(21)28(18-6-3-7-19(30)23(18)32-26(28)36)27(22)17-5-1-2-8-20(17)31-25(27)35/h1-3,5-8,10-13,21-22H,4,9,14H2,(H,31,35)(H,32,36)/t21-,22+,27+,28+/m0/s1. The lowest BCUT2D eigenvalue weighted by atomic mass is 9.57. The third-order valence-corrected chi connectivity index (χ3v) is 9.34. The summed E-state index contributed by atoms with van der Waals surface area (Å²) in [7, 11) is 0. The normalized spacial score (nSPS) is 29.8. The number of nitrogens with one attached hydrogen (secondary N) is 2. The molecule has 2 amide bonds. The molecule has 3 aromatic rings. The first kappa shape index (κ1) is 22.2. The zero-order chi connectivity index (χ0) is 24.8. The minimum atomic E-state index is -1.46. The van der Waals surface area contributed by atoms with Gasteiger partial charge >= 0.3 is 0 Å². The second-order valence-corrected chi connectivity index (χ2v) is 11.2. The van der Waals surface area contributed by atoms with Gasteiger partial charge < -0.3 is 10.6 Å². The number of benzene rings is 3. The first-order valence-corrected chi connectivity index (χ1v) is 13.2. The van der Waals surface area contributed by atoms with Crippen LogP contribution < -0.4 is 10.6 Å². The molecule has 8 heteroatoms. The lowest BCUT2D eigenvalue weighted by molar-refractivity contribution is -0.137. The highest BCUT2D eigenvalue weighted by molar-refractivity contribution is 9.10. The van der Waals surface area contributed by atoms with E-state index in [0.717, 1.165) is 17.3 Å². The highest BCUT2D eigenvalue weighted by Gasteiger charge is 2.81. The molecule has 0 aliphatic carbocycles. The van der Waals surface area contributed by atoms with Crippen LogP contribution >= 0.6 is 27.5 Å². The number of rotatable bonds is 2. The summed E-state index contributed by atoms with van der Waals surface area (Å²) in [5.41, 5.74) is 0.156. The Labute approximate surface area is 221 Å². The predicted molar refractivity (Wildman–Crippen MR) is 140 cm³/mol. The van der Waals surface area contributed by atoms with Crippen molar-refractivity contribution < 1.29 is 14.4 Å². The molecule has 36 heavy (non-hydrogen) atoms. The van der Waals surface area contributed by atoms with Gasteiger partial charge in [0.05, 0.1) is 16.6 Å². The summed E-state index contributed by atoms with van der Waals surface area (Å²) in [6.07, 6.45) is 1.55. The second-order valence-electron chi connectivity index (χ2n) is 9.89. The van der Waals surface area contributed by atoms with Gasteiger partial charge in [-0.2, -0.15) is 0 Å². The van der Waals surface area contributed by atoms with Gasteiger partial charge in [0, 0.05) is 27.3 Å². The summed E-state index contributed by atoms with van der Waals surface area (Å²) in [5, 5.41) is 6.47. The minimum absolute atomic E-state index is 0.133. The molecular formula is C28H21BrClN3O3. The van der Waals surface area contributed by atoms with E-state index >= 15 is 0 Å².